The Kier molecular flexibility index (Phi) is 5.74. The number of carbonyl (C=O) groups is 2. The van der Waals surface area contributed by atoms with Gasteiger partial charge >= 0.3 is 11.9 Å². The first-order chi connectivity index (χ1) is 13.2. The smallest absolute Gasteiger partial charge is 0.310 e. The van der Waals surface area contributed by atoms with Gasteiger partial charge in [-0.2, -0.15) is 22.7 Å². The molecule has 2 bridgehead atoms. The third-order valence-corrected chi connectivity index (χ3v) is 6.99. The van der Waals surface area contributed by atoms with Gasteiger partial charge in [0.1, 0.15) is 0 Å². The lowest BCUT2D eigenvalue weighted by atomic mass is 9.84. The average molecular weight is 403 g/mol. The highest BCUT2D eigenvalue weighted by atomic mass is 32.1. The zero-order valence-electron chi connectivity index (χ0n) is 14.9. The summed E-state index contributed by atoms with van der Waals surface area (Å²) in [7, 11) is 0. The van der Waals surface area contributed by atoms with Gasteiger partial charge < -0.3 is 9.47 Å². The normalized spacial score (nSPS) is 25.6. The topological polar surface area (TPSA) is 52.6 Å². The van der Waals surface area contributed by atoms with E-state index in [-0.39, 0.29) is 23.8 Å². The minimum absolute atomic E-state index is 0.187. The van der Waals surface area contributed by atoms with Gasteiger partial charge in [-0.3, -0.25) is 9.59 Å². The summed E-state index contributed by atoms with van der Waals surface area (Å²) in [6, 6.07) is 3.89. The third-order valence-electron chi connectivity index (χ3n) is 5.53. The van der Waals surface area contributed by atoms with Gasteiger partial charge in [0.2, 0.25) is 0 Å². The van der Waals surface area contributed by atoms with E-state index in [1.165, 1.54) is 0 Å². The number of thiophene rings is 2. The van der Waals surface area contributed by atoms with E-state index in [9.17, 15) is 9.59 Å². The van der Waals surface area contributed by atoms with Crippen LogP contribution in [0.5, 0.6) is 0 Å². The number of hydrogen-bond donors (Lipinski definition) is 0. The Hall–Kier alpha value is -1.92. The average Bonchev–Trinajstić information content (AvgIpc) is 3.42. The highest BCUT2D eigenvalue weighted by molar-refractivity contribution is 7.08. The molecule has 1 fully saturated rings. The predicted octanol–water partition coefficient (Wildman–Crippen LogP) is 4.12. The molecule has 0 radical (unpaired) electrons. The molecule has 142 valence electrons. The molecule has 0 saturated heterocycles. The summed E-state index contributed by atoms with van der Waals surface area (Å²) in [5, 5.41) is 7.86. The molecule has 4 atom stereocenters. The summed E-state index contributed by atoms with van der Waals surface area (Å²) in [6.07, 6.45) is 6.16. The fraction of sp³-hybridized carbons (Fsp3) is 0.429. The van der Waals surface area contributed by atoms with Gasteiger partial charge in [-0.15, -0.1) is 0 Å². The minimum atomic E-state index is -0.187. The van der Waals surface area contributed by atoms with Crippen molar-refractivity contribution in [3.05, 3.63) is 56.9 Å². The lowest BCUT2D eigenvalue weighted by molar-refractivity contribution is -0.149. The van der Waals surface area contributed by atoms with Crippen molar-refractivity contribution >= 4 is 34.6 Å². The van der Waals surface area contributed by atoms with Crippen LogP contribution in [0.25, 0.3) is 0 Å². The summed E-state index contributed by atoms with van der Waals surface area (Å²) < 4.78 is 11.1. The van der Waals surface area contributed by atoms with Crippen molar-refractivity contribution in [2.24, 2.45) is 23.7 Å². The second-order valence-electron chi connectivity index (χ2n) is 7.26. The van der Waals surface area contributed by atoms with Crippen LogP contribution in [-0.2, 0) is 31.9 Å². The molecule has 27 heavy (non-hydrogen) atoms. The van der Waals surface area contributed by atoms with E-state index in [0.717, 1.165) is 17.5 Å². The van der Waals surface area contributed by atoms with Crippen LogP contribution in [0.2, 0.25) is 0 Å². The zero-order valence-corrected chi connectivity index (χ0v) is 16.5. The third kappa shape index (κ3) is 4.50. The molecular weight excluding hydrogens is 380 g/mol. The van der Waals surface area contributed by atoms with Crippen molar-refractivity contribution in [2.45, 2.75) is 19.3 Å². The summed E-state index contributed by atoms with van der Waals surface area (Å²) in [4.78, 5) is 24.2. The maximum absolute atomic E-state index is 12.1. The van der Waals surface area contributed by atoms with Crippen LogP contribution >= 0.6 is 22.7 Å². The van der Waals surface area contributed by atoms with Crippen LogP contribution in [0.4, 0.5) is 0 Å². The standard InChI is InChI=1S/C21H22O4S2/c22-20(7-14-3-5-26-12-14)24-10-18-16-1-2-17(9-16)19(18)11-25-21(23)8-15-4-6-27-13-15/h1-6,12-13,16-19H,7-11H2/t16-,17+,18-,19+. The fourth-order valence-corrected chi connectivity index (χ4v) is 5.46. The van der Waals surface area contributed by atoms with Gasteiger partial charge in [-0.05, 0) is 63.0 Å². The zero-order chi connectivity index (χ0) is 18.6. The molecule has 0 amide bonds. The molecule has 2 aliphatic rings. The van der Waals surface area contributed by atoms with Crippen LogP contribution in [-0.4, -0.2) is 25.2 Å². The lowest BCUT2D eigenvalue weighted by Crippen LogP contribution is -2.30. The van der Waals surface area contributed by atoms with E-state index in [4.69, 9.17) is 9.47 Å². The highest BCUT2D eigenvalue weighted by Crippen LogP contribution is 2.48. The van der Waals surface area contributed by atoms with Gasteiger partial charge in [0, 0.05) is 11.8 Å². The number of esters is 2. The Morgan fingerprint density at radius 1 is 0.852 bits per heavy atom. The Labute approximate surface area is 166 Å². The Morgan fingerprint density at radius 2 is 1.33 bits per heavy atom. The summed E-state index contributed by atoms with van der Waals surface area (Å²) in [6.45, 7) is 0.808. The molecular formula is C21H22O4S2. The molecule has 4 nitrogen and oxygen atoms in total. The van der Waals surface area contributed by atoms with Crippen LogP contribution in [0, 0.1) is 23.7 Å². The Bertz CT molecular complexity index is 728. The second kappa shape index (κ2) is 8.40. The van der Waals surface area contributed by atoms with Crippen LogP contribution < -0.4 is 0 Å². The minimum Gasteiger partial charge on any atom is -0.465 e. The molecule has 1 saturated carbocycles. The van der Waals surface area contributed by atoms with Crippen molar-refractivity contribution < 1.29 is 19.1 Å². The molecule has 0 aliphatic heterocycles. The van der Waals surface area contributed by atoms with Crippen molar-refractivity contribution in [3.63, 3.8) is 0 Å². The molecule has 2 heterocycles. The first-order valence-electron chi connectivity index (χ1n) is 9.21. The van der Waals surface area contributed by atoms with Gasteiger partial charge in [-0.25, -0.2) is 0 Å². The van der Waals surface area contributed by atoms with E-state index in [1.807, 2.05) is 33.7 Å². The first-order valence-corrected chi connectivity index (χ1v) is 11.1. The summed E-state index contributed by atoms with van der Waals surface area (Å²) >= 11 is 3.16. The Balaban J connectivity index is 1.28. The van der Waals surface area contributed by atoms with Gasteiger partial charge in [0.05, 0.1) is 26.1 Å². The number of fused-ring (bicyclic) bond motifs is 2. The van der Waals surface area contributed by atoms with Crippen LogP contribution in [0.1, 0.15) is 17.5 Å². The summed E-state index contributed by atoms with van der Waals surface area (Å²) in [5.74, 6) is 0.941. The number of rotatable bonds is 8. The number of hydrogen-bond acceptors (Lipinski definition) is 6. The lowest BCUT2D eigenvalue weighted by Gasteiger charge is -2.27. The van der Waals surface area contributed by atoms with E-state index < -0.39 is 0 Å². The molecule has 2 aromatic heterocycles. The molecule has 6 heteroatoms. The van der Waals surface area contributed by atoms with Crippen molar-refractivity contribution in [1.82, 2.24) is 0 Å². The van der Waals surface area contributed by atoms with Gasteiger partial charge in [0.15, 0.2) is 0 Å². The van der Waals surface area contributed by atoms with E-state index in [2.05, 4.69) is 12.2 Å². The highest BCUT2D eigenvalue weighted by Gasteiger charge is 2.45. The van der Waals surface area contributed by atoms with E-state index in [0.29, 0.717) is 37.9 Å². The monoisotopic (exact) mass is 402 g/mol. The fourth-order valence-electron chi connectivity index (χ4n) is 4.12. The second-order valence-corrected chi connectivity index (χ2v) is 8.82. The summed E-state index contributed by atoms with van der Waals surface area (Å²) in [5.41, 5.74) is 1.99. The largest absolute Gasteiger partial charge is 0.465 e. The molecule has 2 aliphatic carbocycles. The SMILES string of the molecule is O=C(Cc1ccsc1)OC[C@@H]1[C@H](COC(=O)Cc2ccsc2)[C@@H]2C=C[C@H]1C2. The Morgan fingerprint density at radius 3 is 1.74 bits per heavy atom. The van der Waals surface area contributed by atoms with Crippen LogP contribution in [0.15, 0.2) is 45.8 Å². The van der Waals surface area contributed by atoms with E-state index >= 15 is 0 Å². The maximum atomic E-state index is 12.1. The van der Waals surface area contributed by atoms with Crippen molar-refractivity contribution in [2.75, 3.05) is 13.2 Å². The van der Waals surface area contributed by atoms with Crippen LogP contribution in [0.3, 0.4) is 0 Å². The predicted molar refractivity (Wildman–Crippen MR) is 106 cm³/mol. The molecule has 4 rings (SSSR count). The molecule has 0 N–H and O–H groups in total. The van der Waals surface area contributed by atoms with Gasteiger partial charge in [-0.1, -0.05) is 12.2 Å². The maximum Gasteiger partial charge on any atom is 0.310 e. The molecule has 0 unspecified atom stereocenters. The first kappa shape index (κ1) is 18.4. The number of allylic oxidation sites excluding steroid dienone is 2. The number of carbonyl (C=O) groups excluding carboxylic acids is 2. The number of ether oxygens (including phenoxy) is 2. The molecule has 0 aromatic carbocycles. The molecule has 2 aromatic rings. The van der Waals surface area contributed by atoms with E-state index in [1.54, 1.807) is 22.7 Å². The van der Waals surface area contributed by atoms with Crippen molar-refractivity contribution in [3.8, 4) is 0 Å². The van der Waals surface area contributed by atoms with Gasteiger partial charge in [0.25, 0.3) is 0 Å². The van der Waals surface area contributed by atoms with Crippen molar-refractivity contribution in [1.29, 1.82) is 0 Å². The quantitative estimate of drug-likeness (QED) is 0.492. The molecule has 0 spiro atoms.